The van der Waals surface area contributed by atoms with Crippen LogP contribution in [0.15, 0.2) is 77.6 Å². The van der Waals surface area contributed by atoms with Crippen molar-refractivity contribution >= 4 is 88.8 Å². The molecule has 23 nitrogen and oxygen atoms in total. The molecule has 0 radical (unpaired) electrons. The fraction of sp³-hybridized carbons (Fsp3) is 0.227. The van der Waals surface area contributed by atoms with E-state index in [0.29, 0.717) is 6.07 Å². The van der Waals surface area contributed by atoms with Crippen molar-refractivity contribution in [3.63, 3.8) is 0 Å². The molecule has 31 heteroatoms. The average molecular weight is 870 g/mol. The molecule has 3 rings (SSSR count). The summed E-state index contributed by atoms with van der Waals surface area (Å²) in [5, 5.41) is 41.1. The Morgan fingerprint density at radius 3 is 1.60 bits per heavy atom. The summed E-state index contributed by atoms with van der Waals surface area (Å²) in [6, 6.07) is 7.26. The van der Waals surface area contributed by atoms with Gasteiger partial charge in [-0.3, -0.25) is 18.4 Å². The molecular weight excluding hydrogens is 848 g/mol. The van der Waals surface area contributed by atoms with Gasteiger partial charge in [0.25, 0.3) is 0 Å². The smallest absolute Gasteiger partial charge is 0.744 e. The SMILES string of the molecule is COc1ccc(S(=O)(=O)CCOSOO[O-])cc1N=Nc1cc(N=Nc2ccc(S(=O)(=O)CCOSOO[O-])cc2S(=O)(=O)[O-])c(N)nc1N.[Na+].[Na+].[Na+]. The predicted octanol–water partition coefficient (Wildman–Crippen LogP) is -7.84. The van der Waals surface area contributed by atoms with Crippen molar-refractivity contribution in [1.82, 2.24) is 4.98 Å². The van der Waals surface area contributed by atoms with Crippen molar-refractivity contribution in [1.29, 1.82) is 0 Å². The Labute approximate surface area is 376 Å². The molecule has 0 aliphatic rings. The zero-order chi connectivity index (χ0) is 37.0. The number of anilines is 2. The van der Waals surface area contributed by atoms with Gasteiger partial charge in [0.15, 0.2) is 56.0 Å². The van der Waals surface area contributed by atoms with Crippen molar-refractivity contribution in [3.8, 4) is 5.75 Å². The summed E-state index contributed by atoms with van der Waals surface area (Å²) in [7, 11) is -12.2. The molecule has 2 aromatic carbocycles. The second-order valence-corrected chi connectivity index (χ2v) is 15.4. The van der Waals surface area contributed by atoms with Gasteiger partial charge >= 0.3 is 88.7 Å². The van der Waals surface area contributed by atoms with Crippen molar-refractivity contribution in [3.05, 3.63) is 42.5 Å². The van der Waals surface area contributed by atoms with E-state index in [-0.39, 0.29) is 159 Å². The van der Waals surface area contributed by atoms with Gasteiger partial charge in [0, 0.05) is 6.07 Å². The first-order valence-electron chi connectivity index (χ1n) is 12.8. The Morgan fingerprint density at radius 2 is 1.13 bits per heavy atom. The molecular formula is C22H22N7Na3O16S5. The number of azo groups is 2. The molecule has 0 bridgehead atoms. The molecule has 1 heterocycles. The summed E-state index contributed by atoms with van der Waals surface area (Å²) in [6.45, 7) is -0.882. The number of pyridine rings is 1. The van der Waals surface area contributed by atoms with Crippen LogP contribution < -0.4 is 115 Å². The third kappa shape index (κ3) is 16.4. The summed E-state index contributed by atoms with van der Waals surface area (Å²) in [5.74, 6) is -1.71. The predicted molar refractivity (Wildman–Crippen MR) is 164 cm³/mol. The maximum absolute atomic E-state index is 12.7. The van der Waals surface area contributed by atoms with E-state index < -0.39 is 63.4 Å². The molecule has 0 aliphatic heterocycles. The number of benzene rings is 2. The Balaban J connectivity index is 0.00000901. The molecule has 1 aromatic heterocycles. The first kappa shape index (κ1) is 52.4. The van der Waals surface area contributed by atoms with Gasteiger partial charge in [-0.1, -0.05) is 0 Å². The molecule has 53 heavy (non-hydrogen) atoms. The standard InChI is InChI=1S/C22H25N7O16S5.3Na/c1-39-19-5-3-13(48(32,33)8-6-40-46-44-42-30)10-16(19)27-29-18-12-17(21(23)25-22(18)24)28-26-15-4-2-14(11-20(15)50(36,37)38)49(34,35)9-7-41-47-45-43-31;;;/h2-5,10-12,30-31H,6-9H2,1H3,(H4,23,24,25)(H,36,37,38);;;/q;3*+1/p-3. The molecule has 0 saturated heterocycles. The number of ether oxygens (including phenoxy) is 1. The molecule has 0 spiro atoms. The van der Waals surface area contributed by atoms with Crippen LogP contribution in [0.1, 0.15) is 0 Å². The monoisotopic (exact) mass is 869 g/mol. The number of nitrogen functional groups attached to an aromatic ring is 2. The van der Waals surface area contributed by atoms with Crippen LogP contribution in [0.5, 0.6) is 5.75 Å². The first-order chi connectivity index (χ1) is 23.6. The average Bonchev–Trinajstić information content (AvgIpc) is 3.06. The third-order valence-electron chi connectivity index (χ3n) is 5.72. The normalized spacial score (nSPS) is 11.9. The van der Waals surface area contributed by atoms with Crippen LogP contribution in [0.4, 0.5) is 34.4 Å². The Hall–Kier alpha value is -0.620. The summed E-state index contributed by atoms with van der Waals surface area (Å²) in [5.41, 5.74) is 10.7. The van der Waals surface area contributed by atoms with Gasteiger partial charge in [-0.05, 0) is 36.4 Å². The zero-order valence-corrected chi connectivity index (χ0v) is 37.9. The molecule has 4 N–H and O–H groups in total. The van der Waals surface area contributed by atoms with Gasteiger partial charge in [0.1, 0.15) is 38.6 Å². The van der Waals surface area contributed by atoms with Crippen LogP contribution in [0.25, 0.3) is 0 Å². The maximum atomic E-state index is 12.7. The van der Waals surface area contributed by atoms with E-state index in [0.717, 1.165) is 24.3 Å². The maximum Gasteiger partial charge on any atom is 1.00 e. The van der Waals surface area contributed by atoms with Crippen molar-refractivity contribution in [2.24, 2.45) is 20.5 Å². The van der Waals surface area contributed by atoms with Gasteiger partial charge in [-0.2, -0.15) is 0 Å². The van der Waals surface area contributed by atoms with Crippen LogP contribution in [-0.4, -0.2) is 66.6 Å². The van der Waals surface area contributed by atoms with Crippen molar-refractivity contribution < 1.29 is 161 Å². The molecule has 3 aromatic rings. The third-order valence-corrected chi connectivity index (χ3v) is 10.7. The molecule has 0 unspecified atom stereocenters. The summed E-state index contributed by atoms with van der Waals surface area (Å²) < 4.78 is 109. The topological polar surface area (TPSA) is 351 Å². The molecule has 0 aliphatic carbocycles. The largest absolute Gasteiger partial charge is 1.00 e. The van der Waals surface area contributed by atoms with E-state index in [1.54, 1.807) is 0 Å². The number of hydrogen-bond donors (Lipinski definition) is 2. The number of aromatic nitrogens is 1. The zero-order valence-electron chi connectivity index (χ0n) is 27.8. The van der Waals surface area contributed by atoms with Crippen LogP contribution >= 0.6 is 24.6 Å². The van der Waals surface area contributed by atoms with Crippen molar-refractivity contribution in [2.75, 3.05) is 43.3 Å². The second-order valence-electron chi connectivity index (χ2n) is 8.80. The summed E-state index contributed by atoms with van der Waals surface area (Å²) >= 11 is 0.205. The van der Waals surface area contributed by atoms with Gasteiger partial charge in [-0.15, -0.1) is 29.1 Å². The fourth-order valence-corrected chi connectivity index (χ4v) is 7.03. The van der Waals surface area contributed by atoms with Crippen LogP contribution in [-0.2, 0) is 56.9 Å². The minimum Gasteiger partial charge on any atom is -0.744 e. The number of nitrogens with two attached hydrogens (primary N) is 2. The van der Waals surface area contributed by atoms with E-state index in [4.69, 9.17) is 20.4 Å². The Morgan fingerprint density at radius 1 is 0.679 bits per heavy atom. The first-order valence-corrected chi connectivity index (χ1v) is 18.8. The number of sulfone groups is 2. The van der Waals surface area contributed by atoms with Crippen LogP contribution in [0.3, 0.4) is 0 Å². The minimum atomic E-state index is -5.31. The molecule has 274 valence electrons. The fourth-order valence-electron chi connectivity index (χ4n) is 3.46. The minimum absolute atomic E-state index is 0. The molecule has 0 saturated carbocycles. The number of rotatable bonds is 20. The van der Waals surface area contributed by atoms with Crippen LogP contribution in [0, 0.1) is 0 Å². The van der Waals surface area contributed by atoms with E-state index in [1.165, 1.54) is 19.2 Å². The summed E-state index contributed by atoms with van der Waals surface area (Å²) in [4.78, 5) is 2.06. The molecule has 0 fully saturated rings. The Bertz CT molecular complexity index is 2050. The van der Waals surface area contributed by atoms with Gasteiger partial charge in [0.2, 0.25) is 0 Å². The van der Waals surface area contributed by atoms with E-state index in [2.05, 4.69) is 48.4 Å². The van der Waals surface area contributed by atoms with Gasteiger partial charge in [-0.25, -0.2) is 30.2 Å². The van der Waals surface area contributed by atoms with E-state index in [1.807, 2.05) is 0 Å². The quantitative estimate of drug-likeness (QED) is 0.0202. The van der Waals surface area contributed by atoms with Gasteiger partial charge in [0.05, 0.1) is 46.5 Å². The second kappa shape index (κ2) is 24.9. The number of methoxy groups -OCH3 is 1. The summed E-state index contributed by atoms with van der Waals surface area (Å²) in [6.07, 6.45) is 0. The molecule has 0 amide bonds. The Kier molecular flexibility index (Phi) is 24.6. The van der Waals surface area contributed by atoms with E-state index >= 15 is 0 Å². The van der Waals surface area contributed by atoms with E-state index in [9.17, 15) is 40.3 Å². The van der Waals surface area contributed by atoms with Crippen molar-refractivity contribution in [2.45, 2.75) is 14.7 Å². The van der Waals surface area contributed by atoms with Gasteiger partial charge < -0.3 is 31.3 Å². The number of nitrogens with zero attached hydrogens (tertiary/aromatic N) is 5. The number of hydrogen-bond acceptors (Lipinski definition) is 25. The molecule has 0 atom stereocenters. The van der Waals surface area contributed by atoms with Crippen LogP contribution in [0.2, 0.25) is 0 Å².